The molecule has 0 spiro atoms. The normalized spacial score (nSPS) is 19.0. The van der Waals surface area contributed by atoms with Gasteiger partial charge in [-0.05, 0) is 95.3 Å². The van der Waals surface area contributed by atoms with E-state index in [4.69, 9.17) is 28.9 Å². The van der Waals surface area contributed by atoms with Crippen LogP contribution in [0.1, 0.15) is 11.1 Å². The number of thioether (sulfide) groups is 2. The summed E-state index contributed by atoms with van der Waals surface area (Å²) in [6.45, 7) is 5.36. The molecule has 0 aromatic heterocycles. The van der Waals surface area contributed by atoms with Gasteiger partial charge in [0, 0.05) is 52.4 Å². The Bertz CT molecular complexity index is 2120. The van der Waals surface area contributed by atoms with Gasteiger partial charge in [-0.3, -0.25) is 29.2 Å². The number of hydrogen-bond acceptors (Lipinski definition) is 14. The monoisotopic (exact) mass is 850 g/mol. The number of amides is 2. The lowest BCUT2D eigenvalue weighted by atomic mass is 10.1. The van der Waals surface area contributed by atoms with Crippen molar-refractivity contribution in [2.45, 2.75) is 0 Å². The highest BCUT2D eigenvalue weighted by molar-refractivity contribution is 8.19. The standard InChI is InChI=1S/C44H46N6O8S2/c1-55-33-23-29(24-34(56-2)39(33)51)27-37-41(53)49(43(59-37)45-31-11-7-5-8-12-31)21-19-47-15-17-48(18-16-47)20-22-50-42(54)38(60-44(50)46-32-13-9-6-10-14-32)28-30-25-35(57-3)40(52)36(26-30)58-4/h5-14,23-28,51-52H,15-22H2,1-4H3/b37-27-,38-28-,45-43?,46-44?. The average Bonchev–Trinajstić information content (AvgIpc) is 3.72. The van der Waals surface area contributed by atoms with Crippen molar-refractivity contribution in [3.8, 4) is 34.5 Å². The number of phenols is 2. The minimum Gasteiger partial charge on any atom is -0.502 e. The zero-order chi connectivity index (χ0) is 42.2. The molecule has 0 aliphatic carbocycles. The number of hydrogen-bond donors (Lipinski definition) is 2. The molecule has 3 aliphatic rings. The molecule has 3 aliphatic heterocycles. The summed E-state index contributed by atoms with van der Waals surface area (Å²) >= 11 is 2.61. The Balaban J connectivity index is 1.01. The maximum atomic E-state index is 13.9. The Hall–Kier alpha value is -5.94. The van der Waals surface area contributed by atoms with Crippen LogP contribution in [0.5, 0.6) is 34.5 Å². The van der Waals surface area contributed by atoms with E-state index in [9.17, 15) is 19.8 Å². The van der Waals surface area contributed by atoms with Crippen LogP contribution in [0.4, 0.5) is 11.4 Å². The van der Waals surface area contributed by atoms with Crippen LogP contribution in [-0.2, 0) is 9.59 Å². The number of aromatic hydroxyl groups is 2. The second-order valence-electron chi connectivity index (χ2n) is 13.8. The molecule has 16 heteroatoms. The Morgan fingerprint density at radius 2 is 0.883 bits per heavy atom. The van der Waals surface area contributed by atoms with Crippen LogP contribution >= 0.6 is 23.5 Å². The number of methoxy groups -OCH3 is 4. The summed E-state index contributed by atoms with van der Waals surface area (Å²) in [5.41, 5.74) is 2.79. The molecule has 0 radical (unpaired) electrons. The lowest BCUT2D eigenvalue weighted by Crippen LogP contribution is -2.50. The molecule has 3 saturated heterocycles. The van der Waals surface area contributed by atoms with Crippen molar-refractivity contribution in [2.24, 2.45) is 9.98 Å². The minimum absolute atomic E-state index is 0.109. The van der Waals surface area contributed by atoms with Gasteiger partial charge >= 0.3 is 0 Å². The van der Waals surface area contributed by atoms with Crippen molar-refractivity contribution in [3.63, 3.8) is 0 Å². The molecule has 3 heterocycles. The topological polar surface area (TPSA) is 149 Å². The van der Waals surface area contributed by atoms with Crippen molar-refractivity contribution in [1.29, 1.82) is 0 Å². The lowest BCUT2D eigenvalue weighted by Gasteiger charge is -2.35. The number of rotatable bonds is 14. The van der Waals surface area contributed by atoms with Gasteiger partial charge in [0.15, 0.2) is 33.3 Å². The molecule has 7 rings (SSSR count). The first-order valence-electron chi connectivity index (χ1n) is 19.2. The molecular formula is C44H46N6O8S2. The van der Waals surface area contributed by atoms with Gasteiger partial charge in [0.1, 0.15) is 0 Å². The number of carbonyl (C=O) groups excluding carboxylic acids is 2. The van der Waals surface area contributed by atoms with Crippen molar-refractivity contribution < 1.29 is 38.7 Å². The molecule has 0 saturated carbocycles. The van der Waals surface area contributed by atoms with E-state index >= 15 is 0 Å². The van der Waals surface area contributed by atoms with Crippen molar-refractivity contribution in [1.82, 2.24) is 19.6 Å². The fraction of sp³-hybridized carbons (Fsp3) is 0.273. The van der Waals surface area contributed by atoms with E-state index in [0.29, 0.717) is 57.5 Å². The van der Waals surface area contributed by atoms with Gasteiger partial charge in [-0.25, -0.2) is 9.98 Å². The van der Waals surface area contributed by atoms with Gasteiger partial charge in [0.05, 0.1) is 49.6 Å². The number of para-hydroxylation sites is 2. The quantitative estimate of drug-likeness (QED) is 0.131. The van der Waals surface area contributed by atoms with Gasteiger partial charge in [-0.15, -0.1) is 0 Å². The number of ether oxygens (including phenoxy) is 4. The molecule has 312 valence electrons. The smallest absolute Gasteiger partial charge is 0.266 e. The van der Waals surface area contributed by atoms with Gasteiger partial charge < -0.3 is 29.2 Å². The van der Waals surface area contributed by atoms with Crippen LogP contribution in [0.2, 0.25) is 0 Å². The third-order valence-electron chi connectivity index (χ3n) is 10.1. The first-order chi connectivity index (χ1) is 29.2. The van der Waals surface area contributed by atoms with E-state index in [-0.39, 0.29) is 46.3 Å². The number of amidine groups is 2. The lowest BCUT2D eigenvalue weighted by molar-refractivity contribution is -0.123. The van der Waals surface area contributed by atoms with E-state index in [1.54, 1.807) is 46.2 Å². The SMILES string of the molecule is COc1cc(/C=C2\SC(=Nc3ccccc3)N(CCN3CCN(CCN4C(=O)/C(=C/c5cc(OC)c(O)c(OC)c5)SC4=Nc4ccccc4)CC3)C2=O)cc(OC)c1O. The van der Waals surface area contributed by atoms with Crippen molar-refractivity contribution in [3.05, 3.63) is 106 Å². The number of carbonyl (C=O) groups is 2. The van der Waals surface area contributed by atoms with Gasteiger partial charge in [-0.2, -0.15) is 0 Å². The van der Waals surface area contributed by atoms with Crippen LogP contribution in [0.15, 0.2) is 105 Å². The second-order valence-corrected chi connectivity index (χ2v) is 15.8. The predicted octanol–water partition coefficient (Wildman–Crippen LogP) is 6.66. The first kappa shape index (κ1) is 42.2. The maximum absolute atomic E-state index is 13.9. The van der Waals surface area contributed by atoms with E-state index in [2.05, 4.69) is 9.80 Å². The van der Waals surface area contributed by atoms with Gasteiger partial charge in [0.25, 0.3) is 11.8 Å². The van der Waals surface area contributed by atoms with Crippen LogP contribution in [-0.4, -0.2) is 133 Å². The summed E-state index contributed by atoms with van der Waals surface area (Å²) in [4.78, 5) is 46.7. The molecule has 0 bridgehead atoms. The third kappa shape index (κ3) is 9.74. The average molecular weight is 851 g/mol. The van der Waals surface area contributed by atoms with E-state index in [0.717, 1.165) is 37.6 Å². The number of phenolic OH excluding ortho intramolecular Hbond substituents is 2. The number of benzene rings is 4. The zero-order valence-electron chi connectivity index (χ0n) is 33.7. The highest BCUT2D eigenvalue weighted by Crippen LogP contribution is 2.41. The molecule has 2 N–H and O–H groups in total. The highest BCUT2D eigenvalue weighted by Gasteiger charge is 2.36. The largest absolute Gasteiger partial charge is 0.502 e. The highest BCUT2D eigenvalue weighted by atomic mass is 32.2. The molecule has 4 aromatic carbocycles. The summed E-state index contributed by atoms with van der Waals surface area (Å²) in [5, 5.41) is 22.0. The third-order valence-corrected chi connectivity index (χ3v) is 12.1. The van der Waals surface area contributed by atoms with E-state index in [1.807, 2.05) is 60.7 Å². The molecule has 4 aromatic rings. The Morgan fingerprint density at radius 1 is 0.550 bits per heavy atom. The zero-order valence-corrected chi connectivity index (χ0v) is 35.4. The Labute approximate surface area is 357 Å². The summed E-state index contributed by atoms with van der Waals surface area (Å²) in [7, 11) is 5.85. The van der Waals surface area contributed by atoms with Gasteiger partial charge in [-0.1, -0.05) is 36.4 Å². The van der Waals surface area contributed by atoms with Crippen LogP contribution in [0.3, 0.4) is 0 Å². The molecule has 2 amide bonds. The molecular weight excluding hydrogens is 805 g/mol. The van der Waals surface area contributed by atoms with Crippen molar-refractivity contribution >= 4 is 69.2 Å². The number of piperazine rings is 1. The summed E-state index contributed by atoms with van der Waals surface area (Å²) in [6.07, 6.45) is 3.52. The van der Waals surface area contributed by atoms with Crippen molar-refractivity contribution in [2.75, 3.05) is 80.8 Å². The molecule has 3 fully saturated rings. The fourth-order valence-corrected chi connectivity index (χ4v) is 8.87. The van der Waals surface area contributed by atoms with E-state index < -0.39 is 0 Å². The molecule has 0 atom stereocenters. The molecule has 60 heavy (non-hydrogen) atoms. The summed E-state index contributed by atoms with van der Waals surface area (Å²) < 4.78 is 21.3. The second kappa shape index (κ2) is 19.4. The number of aliphatic imine (C=N–C) groups is 2. The first-order valence-corrected chi connectivity index (χ1v) is 20.9. The molecule has 0 unspecified atom stereocenters. The number of nitrogens with zero attached hydrogens (tertiary/aromatic N) is 6. The summed E-state index contributed by atoms with van der Waals surface area (Å²) in [6, 6.07) is 25.7. The van der Waals surface area contributed by atoms with Crippen LogP contribution in [0, 0.1) is 0 Å². The van der Waals surface area contributed by atoms with E-state index in [1.165, 1.54) is 52.0 Å². The fourth-order valence-electron chi connectivity index (χ4n) is 6.82. The van der Waals surface area contributed by atoms with Gasteiger partial charge in [0.2, 0.25) is 11.5 Å². The minimum atomic E-state index is -0.155. The maximum Gasteiger partial charge on any atom is 0.266 e. The Kier molecular flexibility index (Phi) is 13.7. The summed E-state index contributed by atoms with van der Waals surface area (Å²) in [5.74, 6) is 0.444. The Morgan fingerprint density at radius 3 is 1.20 bits per heavy atom. The van der Waals surface area contributed by atoms with Crippen LogP contribution in [0.25, 0.3) is 12.2 Å². The van der Waals surface area contributed by atoms with Crippen LogP contribution < -0.4 is 18.9 Å². The predicted molar refractivity (Wildman–Crippen MR) is 237 cm³/mol. The molecule has 14 nitrogen and oxygen atoms in total.